The summed E-state index contributed by atoms with van der Waals surface area (Å²) in [4.78, 5) is 0. The van der Waals surface area contributed by atoms with Crippen molar-refractivity contribution in [3.63, 3.8) is 0 Å². The molecule has 0 bridgehead atoms. The van der Waals surface area contributed by atoms with Crippen LogP contribution in [0.1, 0.15) is 18.5 Å². The van der Waals surface area contributed by atoms with E-state index in [0.717, 1.165) is 17.1 Å². The zero-order valence-electron chi connectivity index (χ0n) is 10.0. The van der Waals surface area contributed by atoms with E-state index in [-0.39, 0.29) is 6.04 Å². The molecule has 16 heavy (non-hydrogen) atoms. The van der Waals surface area contributed by atoms with E-state index in [9.17, 15) is 0 Å². The highest BCUT2D eigenvalue weighted by Crippen LogP contribution is 2.28. The number of rotatable bonds is 6. The fraction of sp³-hybridized carbons (Fsp3) is 0.500. The first-order chi connectivity index (χ1) is 7.69. The van der Waals surface area contributed by atoms with Crippen LogP contribution >= 0.6 is 0 Å². The van der Waals surface area contributed by atoms with E-state index >= 15 is 0 Å². The van der Waals surface area contributed by atoms with Gasteiger partial charge in [-0.1, -0.05) is 6.07 Å². The standard InChI is InChI=1S/C12H19NO3/c1-9(13)11-5-4-10(15-3)8-12(11)16-7-6-14-2/h4-5,8-9H,6-7,13H2,1-3H3/t9-/m1/s1. The van der Waals surface area contributed by atoms with Crippen molar-refractivity contribution in [3.05, 3.63) is 23.8 Å². The van der Waals surface area contributed by atoms with Crippen molar-refractivity contribution in [3.8, 4) is 11.5 Å². The van der Waals surface area contributed by atoms with Crippen LogP contribution in [-0.4, -0.2) is 27.4 Å². The van der Waals surface area contributed by atoms with Gasteiger partial charge in [0.25, 0.3) is 0 Å². The Morgan fingerprint density at radius 3 is 2.56 bits per heavy atom. The lowest BCUT2D eigenvalue weighted by atomic mass is 10.1. The van der Waals surface area contributed by atoms with E-state index in [2.05, 4.69) is 0 Å². The smallest absolute Gasteiger partial charge is 0.127 e. The summed E-state index contributed by atoms with van der Waals surface area (Å²) in [5.74, 6) is 1.52. The zero-order chi connectivity index (χ0) is 12.0. The molecule has 0 aromatic heterocycles. The Labute approximate surface area is 96.3 Å². The molecular weight excluding hydrogens is 206 g/mol. The van der Waals surface area contributed by atoms with Gasteiger partial charge in [-0.15, -0.1) is 0 Å². The maximum absolute atomic E-state index is 5.86. The van der Waals surface area contributed by atoms with E-state index in [0.29, 0.717) is 13.2 Å². The van der Waals surface area contributed by atoms with Gasteiger partial charge in [0.2, 0.25) is 0 Å². The van der Waals surface area contributed by atoms with Gasteiger partial charge in [0.15, 0.2) is 0 Å². The quantitative estimate of drug-likeness (QED) is 0.749. The van der Waals surface area contributed by atoms with Crippen molar-refractivity contribution < 1.29 is 14.2 Å². The first-order valence-corrected chi connectivity index (χ1v) is 5.24. The summed E-state index contributed by atoms with van der Waals surface area (Å²) in [6, 6.07) is 5.57. The summed E-state index contributed by atoms with van der Waals surface area (Å²) in [6.45, 7) is 2.98. The Morgan fingerprint density at radius 1 is 1.25 bits per heavy atom. The van der Waals surface area contributed by atoms with Gasteiger partial charge in [0, 0.05) is 24.8 Å². The Bertz CT molecular complexity index is 326. The van der Waals surface area contributed by atoms with Gasteiger partial charge in [-0.25, -0.2) is 0 Å². The summed E-state index contributed by atoms with van der Waals surface area (Å²) < 4.78 is 15.7. The second-order valence-electron chi connectivity index (χ2n) is 3.53. The monoisotopic (exact) mass is 225 g/mol. The van der Waals surface area contributed by atoms with Gasteiger partial charge < -0.3 is 19.9 Å². The van der Waals surface area contributed by atoms with E-state index in [1.54, 1.807) is 14.2 Å². The summed E-state index contributed by atoms with van der Waals surface area (Å²) in [7, 11) is 3.27. The fourth-order valence-electron chi connectivity index (χ4n) is 1.38. The normalized spacial score (nSPS) is 12.2. The van der Waals surface area contributed by atoms with Crippen molar-refractivity contribution in [2.45, 2.75) is 13.0 Å². The lowest BCUT2D eigenvalue weighted by molar-refractivity contribution is 0.145. The number of ether oxygens (including phenoxy) is 3. The van der Waals surface area contributed by atoms with Gasteiger partial charge in [0.05, 0.1) is 13.7 Å². The molecule has 4 heteroatoms. The molecule has 0 saturated carbocycles. The van der Waals surface area contributed by atoms with Gasteiger partial charge in [-0.3, -0.25) is 0 Å². The van der Waals surface area contributed by atoms with E-state index in [4.69, 9.17) is 19.9 Å². The summed E-state index contributed by atoms with van der Waals surface area (Å²) in [5.41, 5.74) is 6.83. The second kappa shape index (κ2) is 6.35. The SMILES string of the molecule is COCCOc1cc(OC)ccc1[C@@H](C)N. The van der Waals surface area contributed by atoms with Crippen molar-refractivity contribution in [2.75, 3.05) is 27.4 Å². The van der Waals surface area contributed by atoms with Crippen molar-refractivity contribution in [2.24, 2.45) is 5.73 Å². The number of nitrogens with two attached hydrogens (primary N) is 1. The molecule has 0 radical (unpaired) electrons. The third-order valence-corrected chi connectivity index (χ3v) is 2.26. The molecule has 0 spiro atoms. The first-order valence-electron chi connectivity index (χ1n) is 5.24. The number of methoxy groups -OCH3 is 2. The van der Waals surface area contributed by atoms with Crippen LogP contribution in [0.4, 0.5) is 0 Å². The van der Waals surface area contributed by atoms with E-state index < -0.39 is 0 Å². The Morgan fingerprint density at radius 2 is 2.00 bits per heavy atom. The minimum absolute atomic E-state index is 0.0662. The molecule has 0 heterocycles. The first kappa shape index (κ1) is 12.8. The highest BCUT2D eigenvalue weighted by Gasteiger charge is 2.09. The van der Waals surface area contributed by atoms with Crippen LogP contribution in [-0.2, 0) is 4.74 Å². The molecule has 90 valence electrons. The minimum Gasteiger partial charge on any atom is -0.497 e. The Hall–Kier alpha value is -1.26. The van der Waals surface area contributed by atoms with E-state index in [1.807, 2.05) is 25.1 Å². The molecule has 0 aliphatic carbocycles. The predicted octanol–water partition coefficient (Wildman–Crippen LogP) is 1.74. The molecule has 0 aliphatic rings. The number of hydrogen-bond acceptors (Lipinski definition) is 4. The summed E-state index contributed by atoms with van der Waals surface area (Å²) >= 11 is 0. The van der Waals surface area contributed by atoms with Gasteiger partial charge in [-0.2, -0.15) is 0 Å². The maximum Gasteiger partial charge on any atom is 0.127 e. The average molecular weight is 225 g/mol. The van der Waals surface area contributed by atoms with Crippen LogP contribution < -0.4 is 15.2 Å². The zero-order valence-corrected chi connectivity index (χ0v) is 10.0. The number of benzene rings is 1. The molecule has 0 saturated heterocycles. The Balaban J connectivity index is 2.83. The second-order valence-corrected chi connectivity index (χ2v) is 3.53. The van der Waals surface area contributed by atoms with Crippen LogP contribution in [0.3, 0.4) is 0 Å². The molecule has 0 fully saturated rings. The Kier molecular flexibility index (Phi) is 5.08. The third-order valence-electron chi connectivity index (χ3n) is 2.26. The van der Waals surface area contributed by atoms with Crippen LogP contribution in [0.15, 0.2) is 18.2 Å². The molecule has 2 N–H and O–H groups in total. The highest BCUT2D eigenvalue weighted by atomic mass is 16.5. The predicted molar refractivity (Wildman–Crippen MR) is 63.0 cm³/mol. The largest absolute Gasteiger partial charge is 0.497 e. The maximum atomic E-state index is 5.86. The fourth-order valence-corrected chi connectivity index (χ4v) is 1.38. The highest BCUT2D eigenvalue weighted by molar-refractivity contribution is 5.42. The molecule has 4 nitrogen and oxygen atoms in total. The van der Waals surface area contributed by atoms with Crippen molar-refractivity contribution in [1.82, 2.24) is 0 Å². The topological polar surface area (TPSA) is 53.7 Å². The molecule has 0 amide bonds. The van der Waals surface area contributed by atoms with Gasteiger partial charge in [0.1, 0.15) is 18.1 Å². The molecular formula is C12H19NO3. The van der Waals surface area contributed by atoms with Crippen molar-refractivity contribution in [1.29, 1.82) is 0 Å². The minimum atomic E-state index is -0.0662. The van der Waals surface area contributed by atoms with Crippen molar-refractivity contribution >= 4 is 0 Å². The number of hydrogen-bond donors (Lipinski definition) is 1. The molecule has 0 unspecified atom stereocenters. The van der Waals surface area contributed by atoms with Crippen LogP contribution in [0.5, 0.6) is 11.5 Å². The van der Waals surface area contributed by atoms with Crippen LogP contribution in [0.25, 0.3) is 0 Å². The lowest BCUT2D eigenvalue weighted by Crippen LogP contribution is -2.10. The molecule has 0 aliphatic heterocycles. The molecule has 1 rings (SSSR count). The van der Waals surface area contributed by atoms with Gasteiger partial charge >= 0.3 is 0 Å². The molecule has 1 aromatic rings. The van der Waals surface area contributed by atoms with Gasteiger partial charge in [-0.05, 0) is 13.0 Å². The lowest BCUT2D eigenvalue weighted by Gasteiger charge is -2.14. The van der Waals surface area contributed by atoms with E-state index in [1.165, 1.54) is 0 Å². The average Bonchev–Trinajstić information content (AvgIpc) is 2.29. The molecule has 1 aromatic carbocycles. The van der Waals surface area contributed by atoms with Crippen LogP contribution in [0.2, 0.25) is 0 Å². The van der Waals surface area contributed by atoms with Crippen LogP contribution in [0, 0.1) is 0 Å². The summed E-state index contributed by atoms with van der Waals surface area (Å²) in [5, 5.41) is 0. The summed E-state index contributed by atoms with van der Waals surface area (Å²) in [6.07, 6.45) is 0. The third kappa shape index (κ3) is 3.40. The molecule has 1 atom stereocenters.